The van der Waals surface area contributed by atoms with E-state index < -0.39 is 34.9 Å². The number of hydrogen-bond acceptors (Lipinski definition) is 8. The Balaban J connectivity index is 1.38. The second-order valence-electron chi connectivity index (χ2n) is 9.69. The Hall–Kier alpha value is -3.21. The number of aromatic nitrogens is 2. The third kappa shape index (κ3) is 7.88. The number of nitrogens with one attached hydrogen (secondary N) is 3. The number of ether oxygens (including phenoxy) is 1. The lowest BCUT2D eigenvalue weighted by molar-refractivity contribution is 0.238. The van der Waals surface area contributed by atoms with Gasteiger partial charge in [-0.25, -0.2) is 18.1 Å². The molecule has 1 aliphatic rings. The van der Waals surface area contributed by atoms with E-state index in [2.05, 4.69) is 25.3 Å². The van der Waals surface area contributed by atoms with Gasteiger partial charge in [0.15, 0.2) is 0 Å². The van der Waals surface area contributed by atoms with Crippen molar-refractivity contribution in [3.8, 4) is 5.75 Å². The Morgan fingerprint density at radius 2 is 1.81 bits per heavy atom. The Kier molecular flexibility index (Phi) is 6.44. The topological polar surface area (TPSA) is 108 Å². The minimum atomic E-state index is -3.71. The average molecular weight is 530 g/mol. The first kappa shape index (κ1) is 20.8. The standard InChI is InChI=1S/C27H36N6O3S/c1-20-19-28-26(30-21-10-12-23(13-11-21)36-17-16-33-14-5-6-15-33)31-25(20)29-22-8-7-9-24(18-22)37(34,35)32-27(2,3)4/h7-13,18-19,32H,5-6,14-17H2,1-4H3,(H2,28,29,30,31)/i5D2,6D2,17D. The van der Waals surface area contributed by atoms with Gasteiger partial charge in [-0.1, -0.05) is 6.07 Å². The van der Waals surface area contributed by atoms with E-state index in [-0.39, 0.29) is 24.5 Å². The van der Waals surface area contributed by atoms with Crippen LogP contribution in [0.3, 0.4) is 0 Å². The van der Waals surface area contributed by atoms with E-state index in [0.29, 0.717) is 28.9 Å². The highest BCUT2D eigenvalue weighted by Crippen LogP contribution is 2.24. The van der Waals surface area contributed by atoms with Gasteiger partial charge in [0.1, 0.15) is 18.2 Å². The summed E-state index contributed by atoms with van der Waals surface area (Å²) >= 11 is 0. The third-order valence-corrected chi connectivity index (χ3v) is 6.97. The minimum absolute atomic E-state index is 0.0773. The van der Waals surface area contributed by atoms with Gasteiger partial charge in [-0.2, -0.15) is 4.98 Å². The number of rotatable bonds is 10. The Morgan fingerprint density at radius 1 is 1.08 bits per heavy atom. The van der Waals surface area contributed by atoms with E-state index in [4.69, 9.17) is 11.6 Å². The molecule has 1 aliphatic heterocycles. The molecule has 4 rings (SSSR count). The predicted octanol–water partition coefficient (Wildman–Crippen LogP) is 4.82. The first-order valence-electron chi connectivity index (χ1n) is 14.4. The molecule has 37 heavy (non-hydrogen) atoms. The molecule has 1 unspecified atom stereocenters. The van der Waals surface area contributed by atoms with E-state index in [0.717, 1.165) is 5.56 Å². The lowest BCUT2D eigenvalue weighted by atomic mass is 10.1. The molecular formula is C27H36N6O3S. The van der Waals surface area contributed by atoms with Crippen molar-refractivity contribution < 1.29 is 20.0 Å². The molecule has 3 N–H and O–H groups in total. The monoisotopic (exact) mass is 529 g/mol. The van der Waals surface area contributed by atoms with Crippen LogP contribution in [0.25, 0.3) is 0 Å². The lowest BCUT2D eigenvalue weighted by Crippen LogP contribution is -2.40. The average Bonchev–Trinajstić information content (AvgIpc) is 3.06. The predicted molar refractivity (Wildman–Crippen MR) is 147 cm³/mol. The first-order chi connectivity index (χ1) is 19.4. The van der Waals surface area contributed by atoms with Crippen molar-refractivity contribution in [3.63, 3.8) is 0 Å². The Labute approximate surface area is 226 Å². The van der Waals surface area contributed by atoms with Crippen LogP contribution in [0.15, 0.2) is 59.6 Å². The van der Waals surface area contributed by atoms with Gasteiger partial charge in [-0.3, -0.25) is 4.90 Å². The highest BCUT2D eigenvalue weighted by atomic mass is 32.2. The molecule has 0 radical (unpaired) electrons. The number of benzene rings is 2. The van der Waals surface area contributed by atoms with Crippen LogP contribution in [0.4, 0.5) is 23.1 Å². The fraction of sp³-hybridized carbons (Fsp3) is 0.407. The molecule has 0 bridgehead atoms. The van der Waals surface area contributed by atoms with Crippen LogP contribution in [-0.2, 0) is 10.0 Å². The molecule has 3 aromatic rings. The fourth-order valence-electron chi connectivity index (χ4n) is 3.47. The minimum Gasteiger partial charge on any atom is -0.492 e. The van der Waals surface area contributed by atoms with Crippen molar-refractivity contribution in [2.45, 2.75) is 50.9 Å². The molecule has 0 saturated carbocycles. The summed E-state index contributed by atoms with van der Waals surface area (Å²) in [5, 5.41) is 6.28. The SMILES string of the molecule is [2H]C(CN1CC([2H])([2H])C([2H])([2H])C1)Oc1ccc(Nc2ncc(C)c(Nc3cccc(S(=O)(=O)NC(C)(C)C)c3)n2)cc1. The molecule has 9 nitrogen and oxygen atoms in total. The van der Waals surface area contributed by atoms with E-state index >= 15 is 0 Å². The Morgan fingerprint density at radius 3 is 2.51 bits per heavy atom. The van der Waals surface area contributed by atoms with Gasteiger partial charge in [-0.05, 0) is 96.0 Å². The molecule has 0 spiro atoms. The lowest BCUT2D eigenvalue weighted by Gasteiger charge is -2.20. The van der Waals surface area contributed by atoms with E-state index in [1.807, 2.05) is 6.92 Å². The van der Waals surface area contributed by atoms with Crippen LogP contribution in [0.1, 0.15) is 45.9 Å². The summed E-state index contributed by atoms with van der Waals surface area (Å²) in [5.41, 5.74) is 1.35. The highest BCUT2D eigenvalue weighted by molar-refractivity contribution is 7.89. The van der Waals surface area contributed by atoms with E-state index in [1.165, 1.54) is 12.1 Å². The molecule has 0 amide bonds. The molecule has 198 valence electrons. The van der Waals surface area contributed by atoms with E-state index in [9.17, 15) is 8.42 Å². The largest absolute Gasteiger partial charge is 0.492 e. The summed E-state index contributed by atoms with van der Waals surface area (Å²) in [6.45, 7) is 6.05. The smallest absolute Gasteiger partial charge is 0.241 e. The van der Waals surface area contributed by atoms with Crippen molar-refractivity contribution in [3.05, 3.63) is 60.3 Å². The van der Waals surface area contributed by atoms with Crippen molar-refractivity contribution in [1.82, 2.24) is 19.6 Å². The summed E-state index contributed by atoms with van der Waals surface area (Å²) in [4.78, 5) is 10.6. The van der Waals surface area contributed by atoms with Crippen molar-refractivity contribution in [2.75, 3.05) is 36.9 Å². The summed E-state index contributed by atoms with van der Waals surface area (Å²) in [5.74, 6) is 1.25. The van der Waals surface area contributed by atoms with Gasteiger partial charge in [0.2, 0.25) is 16.0 Å². The fourth-order valence-corrected chi connectivity index (χ4v) is 4.94. The number of sulfonamides is 1. The van der Waals surface area contributed by atoms with Gasteiger partial charge in [0, 0.05) is 40.7 Å². The summed E-state index contributed by atoms with van der Waals surface area (Å²) in [7, 11) is -3.71. The maximum Gasteiger partial charge on any atom is 0.241 e. The Bertz CT molecular complexity index is 1500. The number of nitrogens with zero attached hydrogens (tertiary/aromatic N) is 3. The van der Waals surface area contributed by atoms with Crippen molar-refractivity contribution >= 4 is 33.2 Å². The van der Waals surface area contributed by atoms with Gasteiger partial charge in [0.05, 0.1) is 6.27 Å². The van der Waals surface area contributed by atoms with Gasteiger partial charge in [-0.15, -0.1) is 0 Å². The van der Waals surface area contributed by atoms with Crippen LogP contribution < -0.4 is 20.1 Å². The number of hydrogen-bond donors (Lipinski definition) is 3. The molecule has 10 heteroatoms. The van der Waals surface area contributed by atoms with Crippen LogP contribution in [0.5, 0.6) is 5.75 Å². The van der Waals surface area contributed by atoms with Gasteiger partial charge in [0.25, 0.3) is 0 Å². The molecule has 1 aromatic heterocycles. The normalized spacial score (nSPS) is 20.1. The number of likely N-dealkylation sites (tertiary alicyclic amines) is 1. The van der Waals surface area contributed by atoms with Crippen LogP contribution >= 0.6 is 0 Å². The zero-order valence-corrected chi connectivity index (χ0v) is 22.2. The summed E-state index contributed by atoms with van der Waals surface area (Å²) < 4.78 is 73.4. The van der Waals surface area contributed by atoms with Crippen LogP contribution in [-0.4, -0.2) is 55.0 Å². The molecule has 1 atom stereocenters. The van der Waals surface area contributed by atoms with Crippen molar-refractivity contribution in [1.29, 1.82) is 0 Å². The second-order valence-corrected chi connectivity index (χ2v) is 11.4. The van der Waals surface area contributed by atoms with Gasteiger partial charge < -0.3 is 15.4 Å². The number of anilines is 4. The van der Waals surface area contributed by atoms with Crippen LogP contribution in [0, 0.1) is 6.92 Å². The quantitative estimate of drug-likeness (QED) is 0.343. The van der Waals surface area contributed by atoms with Gasteiger partial charge >= 0.3 is 0 Å². The van der Waals surface area contributed by atoms with Crippen molar-refractivity contribution in [2.24, 2.45) is 0 Å². The maximum absolute atomic E-state index is 12.8. The summed E-state index contributed by atoms with van der Waals surface area (Å²) in [6, 6.07) is 13.3. The highest BCUT2D eigenvalue weighted by Gasteiger charge is 2.22. The molecule has 2 heterocycles. The maximum atomic E-state index is 12.8. The molecule has 1 saturated heterocycles. The zero-order chi connectivity index (χ0) is 30.9. The number of aryl methyl sites for hydroxylation is 1. The first-order valence-corrected chi connectivity index (χ1v) is 13.3. The zero-order valence-electron chi connectivity index (χ0n) is 26.4. The van der Waals surface area contributed by atoms with Crippen LogP contribution in [0.2, 0.25) is 0 Å². The summed E-state index contributed by atoms with van der Waals surface area (Å²) in [6.07, 6.45) is -2.30. The second kappa shape index (κ2) is 11.5. The molecule has 0 aliphatic carbocycles. The third-order valence-electron chi connectivity index (χ3n) is 5.21. The van der Waals surface area contributed by atoms with E-state index in [1.54, 1.807) is 68.3 Å². The molecular weight excluding hydrogens is 488 g/mol. The molecule has 1 fully saturated rings. The molecule has 2 aromatic carbocycles.